The van der Waals surface area contributed by atoms with Crippen LogP contribution in [0.3, 0.4) is 0 Å². The molecule has 1 aromatic carbocycles. The van der Waals surface area contributed by atoms with E-state index in [-0.39, 0.29) is 40.5 Å². The summed E-state index contributed by atoms with van der Waals surface area (Å²) in [5.41, 5.74) is -0.899. The number of alkyl halides is 1. The van der Waals surface area contributed by atoms with Crippen molar-refractivity contribution in [3.8, 4) is 0 Å². The number of nitrogens with zero attached hydrogens (tertiary/aromatic N) is 3. The molecule has 1 spiro atoms. The molecule has 4 rings (SSSR count). The second-order valence-corrected chi connectivity index (χ2v) is 16.8. The Kier molecular flexibility index (Phi) is 11.0. The van der Waals surface area contributed by atoms with Crippen molar-refractivity contribution in [1.29, 1.82) is 0 Å². The normalized spacial score (nSPS) is 27.9. The lowest BCUT2D eigenvalue weighted by Crippen LogP contribution is -2.62. The van der Waals surface area contributed by atoms with Crippen LogP contribution in [-0.4, -0.2) is 91.4 Å². The molecule has 3 aliphatic rings. The predicted octanol–water partition coefficient (Wildman–Crippen LogP) is 5.59. The molecular weight excluding hydrogens is 646 g/mol. The standard InChI is InChI=1S/C37H54BrN3O5/c1-10-17-39(21-25-15-13-12-14-16-25)32(43)28-29-33(44)41(26(22-42)19-24(3)4)31(37(29)20-27(38)30(28)46-37)34(45)40(18-11-2)36(8,9)23-35(5,6)7/h10-16,24,26-31,42H,1-2,17-23H2,3-9H3/t26-,27?,28-,29+,30-,31?,37?/m1/s1. The highest BCUT2D eigenvalue weighted by molar-refractivity contribution is 9.09. The van der Waals surface area contributed by atoms with Gasteiger partial charge in [-0.2, -0.15) is 0 Å². The molecule has 3 unspecified atom stereocenters. The lowest BCUT2D eigenvalue weighted by molar-refractivity contribution is -0.156. The molecule has 0 radical (unpaired) electrons. The molecule has 3 aliphatic heterocycles. The number of ether oxygens (including phenoxy) is 1. The van der Waals surface area contributed by atoms with E-state index in [0.717, 1.165) is 5.56 Å². The van der Waals surface area contributed by atoms with Crippen LogP contribution in [0.25, 0.3) is 0 Å². The van der Waals surface area contributed by atoms with Gasteiger partial charge in [0.2, 0.25) is 17.7 Å². The zero-order chi connectivity index (χ0) is 34.2. The molecule has 8 nitrogen and oxygen atoms in total. The number of benzene rings is 1. The first kappa shape index (κ1) is 36.3. The van der Waals surface area contributed by atoms with Crippen LogP contribution < -0.4 is 0 Å². The summed E-state index contributed by atoms with van der Waals surface area (Å²) in [5.74, 6) is -2.19. The Morgan fingerprint density at radius 2 is 1.74 bits per heavy atom. The first-order chi connectivity index (χ1) is 21.5. The molecule has 3 saturated heterocycles. The van der Waals surface area contributed by atoms with Gasteiger partial charge in [0.05, 0.1) is 30.6 Å². The maximum atomic E-state index is 15.1. The number of carbonyl (C=O) groups excluding carboxylic acids is 3. The molecule has 0 aromatic heterocycles. The molecule has 3 amide bonds. The number of fused-ring (bicyclic) bond motifs is 1. The maximum absolute atomic E-state index is 15.1. The fourth-order valence-corrected chi connectivity index (χ4v) is 9.49. The molecule has 7 atom stereocenters. The van der Waals surface area contributed by atoms with Gasteiger partial charge >= 0.3 is 0 Å². The van der Waals surface area contributed by atoms with Gasteiger partial charge in [-0.15, -0.1) is 13.2 Å². The first-order valence-corrected chi connectivity index (χ1v) is 17.6. The summed E-state index contributed by atoms with van der Waals surface area (Å²) in [5, 5.41) is 10.7. The van der Waals surface area contributed by atoms with Gasteiger partial charge in [-0.05, 0) is 50.0 Å². The van der Waals surface area contributed by atoms with Crippen LogP contribution in [0.2, 0.25) is 0 Å². The van der Waals surface area contributed by atoms with Gasteiger partial charge < -0.3 is 24.5 Å². The minimum atomic E-state index is -1.22. The van der Waals surface area contributed by atoms with Gasteiger partial charge in [-0.1, -0.05) is 93.0 Å². The van der Waals surface area contributed by atoms with Crippen LogP contribution in [0.1, 0.15) is 73.3 Å². The predicted molar refractivity (Wildman–Crippen MR) is 185 cm³/mol. The van der Waals surface area contributed by atoms with Crippen LogP contribution in [0.15, 0.2) is 55.6 Å². The molecule has 1 aromatic rings. The Hall–Kier alpha value is -2.49. The first-order valence-electron chi connectivity index (χ1n) is 16.6. The number of hydrogen-bond acceptors (Lipinski definition) is 5. The zero-order valence-corrected chi connectivity index (χ0v) is 30.3. The van der Waals surface area contributed by atoms with E-state index in [4.69, 9.17) is 4.74 Å². The van der Waals surface area contributed by atoms with Gasteiger partial charge in [0, 0.05) is 30.0 Å². The van der Waals surface area contributed by atoms with Crippen molar-refractivity contribution in [1.82, 2.24) is 14.7 Å². The molecule has 0 aliphatic carbocycles. The minimum absolute atomic E-state index is 0.0748. The van der Waals surface area contributed by atoms with Crippen LogP contribution in [0, 0.1) is 23.2 Å². The quantitative estimate of drug-likeness (QED) is 0.202. The molecule has 3 fully saturated rings. The fourth-order valence-electron chi connectivity index (χ4n) is 8.55. The number of aliphatic hydroxyl groups is 1. The monoisotopic (exact) mass is 699 g/mol. The third kappa shape index (κ3) is 6.88. The highest BCUT2D eigenvalue weighted by Crippen LogP contribution is 2.61. The average Bonchev–Trinajstić information content (AvgIpc) is 3.56. The fraction of sp³-hybridized carbons (Fsp3) is 0.649. The number of hydrogen-bond donors (Lipinski definition) is 1. The highest BCUT2D eigenvalue weighted by Gasteiger charge is 2.77. The van der Waals surface area contributed by atoms with Crippen molar-refractivity contribution < 1.29 is 24.2 Å². The van der Waals surface area contributed by atoms with E-state index in [2.05, 4.69) is 63.7 Å². The SMILES string of the molecule is C=CCN(Cc1ccccc1)C(=O)[C@H]1[C@@H]2OC3(CC2Br)C(C(=O)N(CC=C)C(C)(C)CC(C)(C)C)N([C@@H](CO)CC(C)C)C(=O)[C@H]13. The van der Waals surface area contributed by atoms with E-state index in [9.17, 15) is 14.7 Å². The Morgan fingerprint density at radius 1 is 1.11 bits per heavy atom. The van der Waals surface area contributed by atoms with E-state index in [1.54, 1.807) is 22.0 Å². The molecule has 46 heavy (non-hydrogen) atoms. The van der Waals surface area contributed by atoms with Gasteiger partial charge in [0.15, 0.2) is 0 Å². The lowest BCUT2D eigenvalue weighted by atomic mass is 9.70. The molecule has 9 heteroatoms. The highest BCUT2D eigenvalue weighted by atomic mass is 79.9. The molecule has 3 heterocycles. The smallest absolute Gasteiger partial charge is 0.249 e. The Balaban J connectivity index is 1.83. The van der Waals surface area contributed by atoms with Crippen LogP contribution in [0.4, 0.5) is 0 Å². The second kappa shape index (κ2) is 13.9. The summed E-state index contributed by atoms with van der Waals surface area (Å²) in [6.07, 6.45) is 4.48. The van der Waals surface area contributed by atoms with Crippen molar-refractivity contribution in [3.05, 3.63) is 61.2 Å². The van der Waals surface area contributed by atoms with E-state index in [0.29, 0.717) is 38.9 Å². The third-order valence-corrected chi connectivity index (χ3v) is 10.6. The number of rotatable bonds is 14. The summed E-state index contributed by atoms with van der Waals surface area (Å²) < 4.78 is 6.85. The van der Waals surface area contributed by atoms with E-state index >= 15 is 4.79 Å². The van der Waals surface area contributed by atoms with Crippen molar-refractivity contribution in [2.24, 2.45) is 23.2 Å². The summed E-state index contributed by atoms with van der Waals surface area (Å²) in [7, 11) is 0. The van der Waals surface area contributed by atoms with Crippen LogP contribution >= 0.6 is 15.9 Å². The number of aliphatic hydroxyl groups excluding tert-OH is 1. The summed E-state index contributed by atoms with van der Waals surface area (Å²) >= 11 is 3.81. The molecule has 0 saturated carbocycles. The lowest BCUT2D eigenvalue weighted by Gasteiger charge is -2.46. The van der Waals surface area contributed by atoms with E-state index in [1.165, 1.54) is 0 Å². The minimum Gasteiger partial charge on any atom is -0.394 e. The molecule has 1 N–H and O–H groups in total. The van der Waals surface area contributed by atoms with Crippen molar-refractivity contribution in [2.75, 3.05) is 19.7 Å². The van der Waals surface area contributed by atoms with Gasteiger partial charge in [0.25, 0.3) is 0 Å². The number of amides is 3. The van der Waals surface area contributed by atoms with Crippen molar-refractivity contribution >= 4 is 33.7 Å². The summed E-state index contributed by atoms with van der Waals surface area (Å²) in [6, 6.07) is 8.15. The van der Waals surface area contributed by atoms with Gasteiger partial charge in [0.1, 0.15) is 11.6 Å². The third-order valence-electron chi connectivity index (χ3n) is 9.74. The topological polar surface area (TPSA) is 90.4 Å². The average molecular weight is 701 g/mol. The van der Waals surface area contributed by atoms with Gasteiger partial charge in [-0.25, -0.2) is 0 Å². The summed E-state index contributed by atoms with van der Waals surface area (Å²) in [4.78, 5) is 49.4. The summed E-state index contributed by atoms with van der Waals surface area (Å²) in [6.45, 7) is 23.2. The number of likely N-dealkylation sites (tertiary alicyclic amines) is 1. The number of halogens is 1. The molecule has 254 valence electrons. The van der Waals surface area contributed by atoms with Crippen molar-refractivity contribution in [2.45, 2.75) is 108 Å². The van der Waals surface area contributed by atoms with E-state index in [1.807, 2.05) is 49.1 Å². The number of carbonyl (C=O) groups is 3. The molecule has 2 bridgehead atoms. The maximum Gasteiger partial charge on any atom is 0.249 e. The zero-order valence-electron chi connectivity index (χ0n) is 28.7. The van der Waals surface area contributed by atoms with Crippen LogP contribution in [0.5, 0.6) is 0 Å². The molecular formula is C37H54BrN3O5. The van der Waals surface area contributed by atoms with Crippen LogP contribution in [-0.2, 0) is 25.7 Å². The Labute approximate surface area is 284 Å². The Bertz CT molecular complexity index is 1290. The largest absolute Gasteiger partial charge is 0.394 e. The Morgan fingerprint density at radius 3 is 2.28 bits per heavy atom. The van der Waals surface area contributed by atoms with Crippen molar-refractivity contribution in [3.63, 3.8) is 0 Å². The van der Waals surface area contributed by atoms with Gasteiger partial charge in [-0.3, -0.25) is 14.4 Å². The van der Waals surface area contributed by atoms with E-state index < -0.39 is 41.2 Å². The second-order valence-electron chi connectivity index (χ2n) is 15.7.